The van der Waals surface area contributed by atoms with Crippen molar-refractivity contribution in [2.45, 2.75) is 25.1 Å². The first-order chi connectivity index (χ1) is 6.98. The minimum Gasteiger partial charge on any atom is -0.322 e. The first-order valence-corrected chi connectivity index (χ1v) is 4.77. The minimum atomic E-state index is -4.32. The van der Waals surface area contributed by atoms with Crippen LogP contribution >= 0.6 is 12.4 Å². The van der Waals surface area contributed by atoms with Crippen molar-refractivity contribution in [1.82, 2.24) is 4.98 Å². The average Bonchev–Trinajstić information content (AvgIpc) is 2.99. The molecule has 2 nitrogen and oxygen atoms in total. The summed E-state index contributed by atoms with van der Waals surface area (Å²) in [6.07, 6.45) is -1.39. The molecule has 0 aromatic carbocycles. The largest absolute Gasteiger partial charge is 0.417 e. The highest BCUT2D eigenvalue weighted by Gasteiger charge is 2.33. The molecule has 1 aromatic heterocycles. The van der Waals surface area contributed by atoms with Crippen molar-refractivity contribution in [3.63, 3.8) is 0 Å². The second-order valence-electron chi connectivity index (χ2n) is 3.83. The van der Waals surface area contributed by atoms with Gasteiger partial charge in [-0.2, -0.15) is 13.2 Å². The molecule has 0 bridgehead atoms. The summed E-state index contributed by atoms with van der Waals surface area (Å²) in [4.78, 5) is 3.76. The van der Waals surface area contributed by atoms with Gasteiger partial charge in [-0.05, 0) is 30.9 Å². The van der Waals surface area contributed by atoms with E-state index in [9.17, 15) is 13.2 Å². The highest BCUT2D eigenvalue weighted by atomic mass is 35.5. The summed E-state index contributed by atoms with van der Waals surface area (Å²) in [7, 11) is 0. The van der Waals surface area contributed by atoms with E-state index in [4.69, 9.17) is 5.73 Å². The first kappa shape index (κ1) is 13.3. The number of alkyl halides is 3. The Kier molecular flexibility index (Phi) is 3.80. The van der Waals surface area contributed by atoms with E-state index in [0.29, 0.717) is 11.6 Å². The zero-order valence-electron chi connectivity index (χ0n) is 8.37. The monoisotopic (exact) mass is 252 g/mol. The lowest BCUT2D eigenvalue weighted by Gasteiger charge is -2.11. The number of hydrogen-bond donors (Lipinski definition) is 1. The Labute approximate surface area is 97.5 Å². The van der Waals surface area contributed by atoms with Gasteiger partial charge in [-0.1, -0.05) is 0 Å². The summed E-state index contributed by atoms with van der Waals surface area (Å²) >= 11 is 0. The number of pyridine rings is 1. The fourth-order valence-corrected chi connectivity index (χ4v) is 1.47. The van der Waals surface area contributed by atoms with E-state index in [1.165, 1.54) is 6.07 Å². The molecule has 1 aliphatic carbocycles. The van der Waals surface area contributed by atoms with Gasteiger partial charge in [0.15, 0.2) is 0 Å². The second-order valence-corrected chi connectivity index (χ2v) is 3.83. The highest BCUT2D eigenvalue weighted by molar-refractivity contribution is 5.85. The Morgan fingerprint density at radius 2 is 1.94 bits per heavy atom. The lowest BCUT2D eigenvalue weighted by Crippen LogP contribution is -2.15. The molecule has 2 rings (SSSR count). The molecule has 1 saturated carbocycles. The van der Waals surface area contributed by atoms with E-state index >= 15 is 0 Å². The third kappa shape index (κ3) is 2.86. The first-order valence-electron chi connectivity index (χ1n) is 4.77. The lowest BCUT2D eigenvalue weighted by atomic mass is 10.1. The van der Waals surface area contributed by atoms with Crippen LogP contribution in [-0.2, 0) is 6.18 Å². The van der Waals surface area contributed by atoms with E-state index in [2.05, 4.69) is 4.98 Å². The Balaban J connectivity index is 0.00000128. The molecule has 2 N–H and O–H groups in total. The van der Waals surface area contributed by atoms with Crippen LogP contribution in [-0.4, -0.2) is 4.98 Å². The van der Waals surface area contributed by atoms with Crippen molar-refractivity contribution in [2.75, 3.05) is 0 Å². The molecule has 16 heavy (non-hydrogen) atoms. The van der Waals surface area contributed by atoms with Crippen LogP contribution in [0.3, 0.4) is 0 Å². The summed E-state index contributed by atoms with van der Waals surface area (Å²) in [5, 5.41) is 0. The number of nitrogens with two attached hydrogens (primary N) is 1. The molecule has 0 amide bonds. The summed E-state index contributed by atoms with van der Waals surface area (Å²) in [5.41, 5.74) is 5.63. The number of rotatable bonds is 2. The number of nitrogens with zero attached hydrogens (tertiary/aromatic N) is 1. The zero-order chi connectivity index (χ0) is 11.1. The maximum absolute atomic E-state index is 12.2. The Bertz CT molecular complexity index is 346. The van der Waals surface area contributed by atoms with Gasteiger partial charge in [-0.3, -0.25) is 4.98 Å². The van der Waals surface area contributed by atoms with Crippen LogP contribution in [0, 0.1) is 5.92 Å². The van der Waals surface area contributed by atoms with Gasteiger partial charge in [-0.25, -0.2) is 0 Å². The molecule has 1 aliphatic rings. The molecular weight excluding hydrogens is 241 g/mol. The molecule has 0 radical (unpaired) electrons. The van der Waals surface area contributed by atoms with Crippen LogP contribution in [0.15, 0.2) is 18.3 Å². The summed E-state index contributed by atoms with van der Waals surface area (Å²) in [5.74, 6) is 0.397. The molecule has 1 atom stereocenters. The molecule has 6 heteroatoms. The summed E-state index contributed by atoms with van der Waals surface area (Å²) in [6, 6.07) is 2.18. The van der Waals surface area contributed by atoms with Gasteiger partial charge < -0.3 is 5.73 Å². The van der Waals surface area contributed by atoms with Gasteiger partial charge in [0.25, 0.3) is 0 Å². The molecule has 0 saturated heterocycles. The quantitative estimate of drug-likeness (QED) is 0.879. The SMILES string of the molecule is Cl.N[C@H](c1ccc(C(F)(F)F)cn1)C1CC1. The van der Waals surface area contributed by atoms with E-state index in [1.54, 1.807) is 0 Å². The maximum atomic E-state index is 12.2. The highest BCUT2D eigenvalue weighted by Crippen LogP contribution is 2.39. The molecule has 1 aromatic rings. The molecular formula is C10H12ClF3N2. The second kappa shape index (κ2) is 4.59. The van der Waals surface area contributed by atoms with E-state index < -0.39 is 11.7 Å². The van der Waals surface area contributed by atoms with Gasteiger partial charge in [-0.15, -0.1) is 12.4 Å². The minimum absolute atomic E-state index is 0. The van der Waals surface area contributed by atoms with Gasteiger partial charge in [0.2, 0.25) is 0 Å². The summed E-state index contributed by atoms with van der Waals surface area (Å²) in [6.45, 7) is 0. The Morgan fingerprint density at radius 1 is 1.31 bits per heavy atom. The van der Waals surface area contributed by atoms with Crippen LogP contribution in [0.4, 0.5) is 13.2 Å². The van der Waals surface area contributed by atoms with Crippen LogP contribution in [0.25, 0.3) is 0 Å². The van der Waals surface area contributed by atoms with Gasteiger partial charge >= 0.3 is 6.18 Å². The van der Waals surface area contributed by atoms with Crippen LogP contribution in [0.1, 0.15) is 30.1 Å². The fraction of sp³-hybridized carbons (Fsp3) is 0.500. The molecule has 1 heterocycles. The third-order valence-corrected chi connectivity index (χ3v) is 2.59. The van der Waals surface area contributed by atoms with Crippen molar-refractivity contribution in [2.24, 2.45) is 11.7 Å². The average molecular weight is 253 g/mol. The predicted octanol–water partition coefficient (Wildman–Crippen LogP) is 2.93. The fourth-order valence-electron chi connectivity index (χ4n) is 1.47. The van der Waals surface area contributed by atoms with Gasteiger partial charge in [0, 0.05) is 12.2 Å². The van der Waals surface area contributed by atoms with E-state index in [-0.39, 0.29) is 18.4 Å². The van der Waals surface area contributed by atoms with E-state index in [1.807, 2.05) is 0 Å². The standard InChI is InChI=1S/C10H11F3N2.ClH/c11-10(12,13)7-3-4-8(15-5-7)9(14)6-1-2-6;/h3-6,9H,1-2,14H2;1H/t9-;/m0./s1. The maximum Gasteiger partial charge on any atom is 0.417 e. The van der Waals surface area contributed by atoms with Crippen molar-refractivity contribution >= 4 is 12.4 Å². The Hall–Kier alpha value is -0.810. The molecule has 1 fully saturated rings. The van der Waals surface area contributed by atoms with Crippen molar-refractivity contribution in [3.8, 4) is 0 Å². The van der Waals surface area contributed by atoms with Crippen LogP contribution < -0.4 is 5.73 Å². The number of halogens is 4. The van der Waals surface area contributed by atoms with Crippen molar-refractivity contribution in [1.29, 1.82) is 0 Å². The summed E-state index contributed by atoms with van der Waals surface area (Å²) < 4.78 is 36.7. The van der Waals surface area contributed by atoms with Gasteiger partial charge in [0.05, 0.1) is 11.3 Å². The normalized spacial score (nSPS) is 17.8. The topological polar surface area (TPSA) is 38.9 Å². The van der Waals surface area contributed by atoms with Crippen LogP contribution in [0.2, 0.25) is 0 Å². The molecule has 0 spiro atoms. The molecule has 0 unspecified atom stereocenters. The molecule has 90 valence electrons. The third-order valence-electron chi connectivity index (χ3n) is 2.59. The van der Waals surface area contributed by atoms with Crippen molar-refractivity contribution in [3.05, 3.63) is 29.6 Å². The van der Waals surface area contributed by atoms with E-state index in [0.717, 1.165) is 25.1 Å². The molecule has 0 aliphatic heterocycles. The smallest absolute Gasteiger partial charge is 0.322 e. The number of hydrogen-bond acceptors (Lipinski definition) is 2. The van der Waals surface area contributed by atoms with Crippen molar-refractivity contribution < 1.29 is 13.2 Å². The number of aromatic nitrogens is 1. The van der Waals surface area contributed by atoms with Gasteiger partial charge in [0.1, 0.15) is 0 Å². The predicted molar refractivity (Wildman–Crippen MR) is 56.1 cm³/mol. The lowest BCUT2D eigenvalue weighted by molar-refractivity contribution is -0.137. The van der Waals surface area contributed by atoms with Crippen LogP contribution in [0.5, 0.6) is 0 Å². The Morgan fingerprint density at radius 3 is 2.31 bits per heavy atom. The zero-order valence-corrected chi connectivity index (χ0v) is 9.18.